The van der Waals surface area contributed by atoms with Crippen LogP contribution in [0.2, 0.25) is 0 Å². The topological polar surface area (TPSA) is 93.3 Å². The second-order valence-corrected chi connectivity index (χ2v) is 7.70. The van der Waals surface area contributed by atoms with E-state index in [2.05, 4.69) is 5.16 Å². The molecule has 2 N–H and O–H groups in total. The Balaban J connectivity index is 1.92. The zero-order chi connectivity index (χ0) is 25.1. The molecule has 1 aromatic heterocycles. The minimum Gasteiger partial charge on any atom is -0.503 e. The van der Waals surface area contributed by atoms with Gasteiger partial charge in [0.25, 0.3) is 0 Å². The number of aromatic hydroxyl groups is 2. The highest BCUT2D eigenvalue weighted by molar-refractivity contribution is 6.15. The minimum absolute atomic E-state index is 0.111. The Bertz CT molecular complexity index is 1390. The van der Waals surface area contributed by atoms with Crippen molar-refractivity contribution >= 4 is 11.5 Å². The number of oxime groups is 1. The summed E-state index contributed by atoms with van der Waals surface area (Å²) < 4.78 is 20.2. The van der Waals surface area contributed by atoms with Gasteiger partial charge < -0.3 is 19.8 Å². The van der Waals surface area contributed by atoms with Gasteiger partial charge in [0.2, 0.25) is 5.88 Å². The summed E-state index contributed by atoms with van der Waals surface area (Å²) in [6, 6.07) is 18.8. The Hall–Kier alpha value is -4.59. The van der Waals surface area contributed by atoms with Gasteiger partial charge in [0.05, 0.1) is 24.1 Å². The van der Waals surface area contributed by atoms with Gasteiger partial charge in [0.15, 0.2) is 11.5 Å². The molecule has 0 saturated carbocycles. The van der Waals surface area contributed by atoms with Crippen molar-refractivity contribution in [2.75, 3.05) is 14.2 Å². The van der Waals surface area contributed by atoms with E-state index >= 15 is 0 Å². The lowest BCUT2D eigenvalue weighted by atomic mass is 9.99. The largest absolute Gasteiger partial charge is 0.503 e. The number of hydrogen-bond acceptors (Lipinski definition) is 6. The number of aromatic nitrogens is 1. The number of benzene rings is 3. The molecule has 0 spiro atoms. The van der Waals surface area contributed by atoms with Gasteiger partial charge in [-0.25, -0.2) is 4.39 Å². The summed E-state index contributed by atoms with van der Waals surface area (Å²) in [5, 5.41) is 25.7. The summed E-state index contributed by atoms with van der Waals surface area (Å²) in [6.45, 7) is 1.78. The van der Waals surface area contributed by atoms with E-state index in [-0.39, 0.29) is 16.8 Å². The quantitative estimate of drug-likeness (QED) is 0.215. The lowest BCUT2D eigenvalue weighted by Gasteiger charge is -2.13. The Morgan fingerprint density at radius 2 is 1.49 bits per heavy atom. The van der Waals surface area contributed by atoms with E-state index in [1.54, 1.807) is 55.5 Å². The molecule has 0 radical (unpaired) electrons. The number of ether oxygens (including phenoxy) is 1. The van der Waals surface area contributed by atoms with Gasteiger partial charge in [-0.15, -0.1) is 0 Å². The molecular formula is C27H23FN2O5. The van der Waals surface area contributed by atoms with Gasteiger partial charge in [-0.3, -0.25) is 9.36 Å². The van der Waals surface area contributed by atoms with Crippen molar-refractivity contribution in [1.29, 1.82) is 0 Å². The maximum absolute atomic E-state index is 13.7. The average Bonchev–Trinajstić information content (AvgIpc) is 3.14. The molecule has 4 aromatic rings. The van der Waals surface area contributed by atoms with Crippen molar-refractivity contribution in [3.8, 4) is 34.3 Å². The summed E-state index contributed by atoms with van der Waals surface area (Å²) in [6.07, 6.45) is 0. The Labute approximate surface area is 201 Å². The number of halogens is 1. The van der Waals surface area contributed by atoms with Gasteiger partial charge in [-0.2, -0.15) is 0 Å². The maximum Gasteiger partial charge on any atom is 0.240 e. The average molecular weight is 474 g/mol. The molecule has 1 heterocycles. The van der Waals surface area contributed by atoms with E-state index < -0.39 is 23.2 Å². The first kappa shape index (κ1) is 23.6. The van der Waals surface area contributed by atoms with Crippen molar-refractivity contribution in [3.63, 3.8) is 0 Å². The summed E-state index contributed by atoms with van der Waals surface area (Å²) in [5.74, 6) is -1.50. The number of hydrogen-bond donors (Lipinski definition) is 2. The van der Waals surface area contributed by atoms with E-state index in [9.17, 15) is 19.4 Å². The van der Waals surface area contributed by atoms with Crippen LogP contribution in [0.5, 0.6) is 17.4 Å². The highest BCUT2D eigenvalue weighted by Gasteiger charge is 2.30. The molecule has 3 aromatic carbocycles. The Morgan fingerprint density at radius 3 is 2.06 bits per heavy atom. The normalized spacial score (nSPS) is 11.4. The molecule has 0 fully saturated rings. The standard InChI is InChI=1S/C27H23FN2O5/c1-16(29-35-3)17-6-12-21(13-7-17)30-24(18-4-10-20(28)11-5-18)23(26(32)27(30)33)25(31)19-8-14-22(34-2)15-9-19/h4-15,32-33H,1-3H3. The van der Waals surface area contributed by atoms with Crippen LogP contribution in [0.25, 0.3) is 16.9 Å². The summed E-state index contributed by atoms with van der Waals surface area (Å²) in [5.41, 5.74) is 2.72. The molecule has 0 aliphatic heterocycles. The maximum atomic E-state index is 13.7. The van der Waals surface area contributed by atoms with Crippen molar-refractivity contribution in [2.45, 2.75) is 6.92 Å². The van der Waals surface area contributed by atoms with Crippen LogP contribution >= 0.6 is 0 Å². The number of ketones is 1. The van der Waals surface area contributed by atoms with Crippen LogP contribution in [0.3, 0.4) is 0 Å². The predicted molar refractivity (Wildman–Crippen MR) is 130 cm³/mol. The van der Waals surface area contributed by atoms with Crippen LogP contribution in [0.1, 0.15) is 28.4 Å². The van der Waals surface area contributed by atoms with Gasteiger partial charge in [-0.05, 0) is 78.7 Å². The minimum atomic E-state index is -0.577. The number of carbonyl (C=O) groups is 1. The first-order valence-corrected chi connectivity index (χ1v) is 10.7. The third-order valence-corrected chi connectivity index (χ3v) is 5.59. The molecule has 178 valence electrons. The van der Waals surface area contributed by atoms with E-state index in [4.69, 9.17) is 9.57 Å². The molecule has 0 amide bonds. The van der Waals surface area contributed by atoms with Gasteiger partial charge in [-0.1, -0.05) is 17.3 Å². The fraction of sp³-hybridized carbons (Fsp3) is 0.111. The Kier molecular flexibility index (Phi) is 6.55. The fourth-order valence-electron chi connectivity index (χ4n) is 3.82. The van der Waals surface area contributed by atoms with Crippen molar-refractivity contribution in [3.05, 3.63) is 95.3 Å². The van der Waals surface area contributed by atoms with Crippen LogP contribution in [-0.4, -0.2) is 40.5 Å². The van der Waals surface area contributed by atoms with E-state index in [1.807, 2.05) is 0 Å². The Morgan fingerprint density at radius 1 is 0.886 bits per heavy atom. The molecule has 0 aliphatic carbocycles. The zero-order valence-corrected chi connectivity index (χ0v) is 19.3. The molecule has 4 rings (SSSR count). The van der Waals surface area contributed by atoms with Gasteiger partial charge in [0.1, 0.15) is 18.7 Å². The van der Waals surface area contributed by atoms with Crippen molar-refractivity contribution in [1.82, 2.24) is 4.57 Å². The highest BCUT2D eigenvalue weighted by atomic mass is 19.1. The van der Waals surface area contributed by atoms with Crippen molar-refractivity contribution in [2.24, 2.45) is 5.16 Å². The summed E-state index contributed by atoms with van der Waals surface area (Å²) >= 11 is 0. The molecule has 0 aliphatic rings. The van der Waals surface area contributed by atoms with Crippen LogP contribution in [-0.2, 0) is 4.84 Å². The monoisotopic (exact) mass is 474 g/mol. The van der Waals surface area contributed by atoms with Crippen LogP contribution in [0.15, 0.2) is 78.0 Å². The smallest absolute Gasteiger partial charge is 0.240 e. The second-order valence-electron chi connectivity index (χ2n) is 7.70. The molecule has 0 saturated heterocycles. The lowest BCUT2D eigenvalue weighted by Crippen LogP contribution is -2.05. The van der Waals surface area contributed by atoms with Gasteiger partial charge in [0, 0.05) is 11.3 Å². The molecule has 35 heavy (non-hydrogen) atoms. The SMILES string of the molecule is CON=C(C)c1ccc(-n2c(O)c(O)c(C(=O)c3ccc(OC)cc3)c2-c2ccc(F)cc2)cc1. The van der Waals surface area contributed by atoms with Crippen LogP contribution in [0, 0.1) is 5.82 Å². The van der Waals surface area contributed by atoms with Crippen molar-refractivity contribution < 1.29 is 29.0 Å². The number of carbonyl (C=O) groups excluding carboxylic acids is 1. The predicted octanol–water partition coefficient (Wildman–Crippen LogP) is 5.30. The second kappa shape index (κ2) is 9.72. The molecule has 0 unspecified atom stereocenters. The zero-order valence-electron chi connectivity index (χ0n) is 19.3. The number of methoxy groups -OCH3 is 1. The molecular weight excluding hydrogens is 451 g/mol. The lowest BCUT2D eigenvalue weighted by molar-refractivity contribution is 0.103. The van der Waals surface area contributed by atoms with E-state index in [0.29, 0.717) is 22.7 Å². The van der Waals surface area contributed by atoms with Gasteiger partial charge >= 0.3 is 0 Å². The third kappa shape index (κ3) is 4.46. The molecule has 7 nitrogen and oxygen atoms in total. The molecule has 0 atom stereocenters. The summed E-state index contributed by atoms with van der Waals surface area (Å²) in [4.78, 5) is 18.3. The molecule has 0 bridgehead atoms. The number of nitrogens with zero attached hydrogens (tertiary/aromatic N) is 2. The third-order valence-electron chi connectivity index (χ3n) is 5.59. The first-order valence-electron chi connectivity index (χ1n) is 10.7. The van der Waals surface area contributed by atoms with Crippen LogP contribution < -0.4 is 4.74 Å². The molecule has 8 heteroatoms. The van der Waals surface area contributed by atoms with E-state index in [1.165, 1.54) is 43.1 Å². The highest BCUT2D eigenvalue weighted by Crippen LogP contribution is 2.44. The first-order chi connectivity index (χ1) is 16.8. The number of rotatable bonds is 7. The van der Waals surface area contributed by atoms with Crippen LogP contribution in [0.4, 0.5) is 4.39 Å². The summed E-state index contributed by atoms with van der Waals surface area (Å²) in [7, 11) is 2.97. The fourth-order valence-corrected chi connectivity index (χ4v) is 3.82. The van der Waals surface area contributed by atoms with E-state index in [0.717, 1.165) is 5.56 Å².